The number of hydrogen-bond acceptors (Lipinski definition) is 5. The summed E-state index contributed by atoms with van der Waals surface area (Å²) in [6.45, 7) is 4.52. The highest BCUT2D eigenvalue weighted by atomic mass is 19.4. The zero-order chi connectivity index (χ0) is 21.0. The smallest absolute Gasteiger partial charge is 0.475 e. The third-order valence-corrected chi connectivity index (χ3v) is 4.59. The Morgan fingerprint density at radius 1 is 1.07 bits per heavy atom. The Kier molecular flexibility index (Phi) is 6.07. The minimum atomic E-state index is -5.08. The third kappa shape index (κ3) is 5.05. The second-order valence-corrected chi connectivity index (χ2v) is 6.54. The fourth-order valence-electron chi connectivity index (χ4n) is 3.12. The van der Waals surface area contributed by atoms with Gasteiger partial charge in [0.05, 0.1) is 5.56 Å². The second-order valence-electron chi connectivity index (χ2n) is 6.54. The average Bonchev–Trinajstić information content (AvgIpc) is 3.09. The molecule has 0 amide bonds. The van der Waals surface area contributed by atoms with E-state index in [1.807, 2.05) is 12.1 Å². The highest BCUT2D eigenvalue weighted by Gasteiger charge is 2.38. The van der Waals surface area contributed by atoms with Crippen molar-refractivity contribution in [3.63, 3.8) is 0 Å². The molecule has 0 spiro atoms. The molecule has 29 heavy (non-hydrogen) atoms. The van der Waals surface area contributed by atoms with Gasteiger partial charge >= 0.3 is 18.1 Å². The Labute approximate surface area is 164 Å². The molecule has 0 unspecified atom stereocenters. The largest absolute Gasteiger partial charge is 0.490 e. The number of halogens is 3. The van der Waals surface area contributed by atoms with Crippen LogP contribution in [0.5, 0.6) is 0 Å². The first-order valence-corrected chi connectivity index (χ1v) is 8.92. The first-order chi connectivity index (χ1) is 13.8. The van der Waals surface area contributed by atoms with E-state index in [2.05, 4.69) is 40.5 Å². The molecule has 0 aromatic heterocycles. The summed E-state index contributed by atoms with van der Waals surface area (Å²) in [5.74, 6) is -2.97. The quantitative estimate of drug-likeness (QED) is 0.744. The molecule has 2 N–H and O–H groups in total. The third-order valence-electron chi connectivity index (χ3n) is 4.59. The lowest BCUT2D eigenvalue weighted by Gasteiger charge is -2.29. The number of hydrogen-bond donors (Lipinski definition) is 2. The molecule has 0 radical (unpaired) electrons. The van der Waals surface area contributed by atoms with Gasteiger partial charge in [-0.1, -0.05) is 18.2 Å². The number of ether oxygens (including phenoxy) is 1. The molecule has 0 aliphatic carbocycles. The number of nitrogens with zero attached hydrogens (tertiary/aromatic N) is 1. The summed E-state index contributed by atoms with van der Waals surface area (Å²) in [6.07, 6.45) is -5.08. The lowest BCUT2D eigenvalue weighted by atomic mass is 10.00. The summed E-state index contributed by atoms with van der Waals surface area (Å²) in [7, 11) is 0. The van der Waals surface area contributed by atoms with Crippen molar-refractivity contribution in [2.24, 2.45) is 0 Å². The molecule has 2 aliphatic rings. The van der Waals surface area contributed by atoms with E-state index in [4.69, 9.17) is 14.6 Å². The summed E-state index contributed by atoms with van der Waals surface area (Å²) in [4.78, 5) is 22.8. The Balaban J connectivity index is 0.000000298. The van der Waals surface area contributed by atoms with Gasteiger partial charge in [-0.05, 0) is 35.4 Å². The van der Waals surface area contributed by atoms with Crippen molar-refractivity contribution in [3.05, 3.63) is 53.6 Å². The standard InChI is InChI=1S/C18H18N2O2.C2HF3O2/c21-18-17-5-4-14(10-15(17)12-22-18)13-2-1-3-16(11-13)20-8-6-19-7-9-20;3-2(4,5)1(6)7/h1-5,10-11,19H,6-9,12H2;(H,6,7). The molecule has 0 atom stereocenters. The van der Waals surface area contributed by atoms with Crippen LogP contribution in [0.15, 0.2) is 42.5 Å². The molecule has 4 rings (SSSR count). The number of benzene rings is 2. The summed E-state index contributed by atoms with van der Waals surface area (Å²) >= 11 is 0. The number of alkyl halides is 3. The van der Waals surface area contributed by atoms with E-state index < -0.39 is 12.1 Å². The molecule has 1 fully saturated rings. The number of carboxylic acid groups (broad SMARTS) is 1. The van der Waals surface area contributed by atoms with Crippen LogP contribution in [0.4, 0.5) is 18.9 Å². The summed E-state index contributed by atoms with van der Waals surface area (Å²) in [5, 5.41) is 10.5. The van der Waals surface area contributed by atoms with Crippen LogP contribution in [0.3, 0.4) is 0 Å². The SMILES string of the molecule is O=C(O)C(F)(F)F.O=C1OCc2cc(-c3cccc(N4CCNCC4)c3)ccc21. The van der Waals surface area contributed by atoms with Crippen LogP contribution in [0.2, 0.25) is 0 Å². The highest BCUT2D eigenvalue weighted by molar-refractivity contribution is 5.94. The molecule has 1 saturated heterocycles. The molecule has 2 aromatic rings. The predicted molar refractivity (Wildman–Crippen MR) is 99.8 cm³/mol. The van der Waals surface area contributed by atoms with E-state index >= 15 is 0 Å². The Morgan fingerprint density at radius 2 is 1.72 bits per heavy atom. The summed E-state index contributed by atoms with van der Waals surface area (Å²) in [5.41, 5.74) is 5.25. The Morgan fingerprint density at radius 3 is 2.38 bits per heavy atom. The highest BCUT2D eigenvalue weighted by Crippen LogP contribution is 2.29. The number of aliphatic carboxylic acids is 1. The molecule has 2 aliphatic heterocycles. The fraction of sp³-hybridized carbons (Fsp3) is 0.300. The van der Waals surface area contributed by atoms with Crippen molar-refractivity contribution in [3.8, 4) is 11.1 Å². The van der Waals surface area contributed by atoms with Crippen molar-refractivity contribution in [1.29, 1.82) is 0 Å². The number of nitrogens with one attached hydrogen (secondary N) is 1. The molecule has 0 saturated carbocycles. The minimum absolute atomic E-state index is 0.212. The number of cyclic esters (lactones) is 1. The predicted octanol–water partition coefficient (Wildman–Crippen LogP) is 3.07. The van der Waals surface area contributed by atoms with Gasteiger partial charge in [0.15, 0.2) is 0 Å². The average molecular weight is 408 g/mol. The number of carboxylic acids is 1. The zero-order valence-corrected chi connectivity index (χ0v) is 15.3. The summed E-state index contributed by atoms with van der Waals surface area (Å²) < 4.78 is 36.8. The van der Waals surface area contributed by atoms with Gasteiger partial charge in [-0.3, -0.25) is 0 Å². The zero-order valence-electron chi connectivity index (χ0n) is 15.3. The topological polar surface area (TPSA) is 78.9 Å². The van der Waals surface area contributed by atoms with Crippen molar-refractivity contribution in [1.82, 2.24) is 5.32 Å². The van der Waals surface area contributed by atoms with Gasteiger partial charge in [0.1, 0.15) is 6.61 Å². The van der Waals surface area contributed by atoms with Crippen LogP contribution in [0.25, 0.3) is 11.1 Å². The molecule has 154 valence electrons. The van der Waals surface area contributed by atoms with Crippen LogP contribution < -0.4 is 10.2 Å². The van der Waals surface area contributed by atoms with Gasteiger partial charge in [-0.25, -0.2) is 9.59 Å². The molecule has 2 aromatic carbocycles. The maximum Gasteiger partial charge on any atom is 0.490 e. The van der Waals surface area contributed by atoms with Crippen molar-refractivity contribution < 1.29 is 32.6 Å². The first kappa shape index (κ1) is 20.7. The second kappa shape index (κ2) is 8.52. The van der Waals surface area contributed by atoms with Gasteiger partial charge < -0.3 is 20.1 Å². The normalized spacial score (nSPS) is 15.8. The lowest BCUT2D eigenvalue weighted by Crippen LogP contribution is -2.43. The Hall–Kier alpha value is -3.07. The number of anilines is 1. The van der Waals surface area contributed by atoms with Crippen LogP contribution >= 0.6 is 0 Å². The van der Waals surface area contributed by atoms with Crippen LogP contribution in [-0.2, 0) is 16.1 Å². The number of carbonyl (C=O) groups is 2. The molecular weight excluding hydrogens is 389 g/mol. The number of rotatable bonds is 2. The molecule has 2 heterocycles. The molecule has 6 nitrogen and oxygen atoms in total. The fourth-order valence-corrected chi connectivity index (χ4v) is 3.12. The van der Waals surface area contributed by atoms with Gasteiger partial charge in [-0.2, -0.15) is 13.2 Å². The van der Waals surface area contributed by atoms with Crippen molar-refractivity contribution >= 4 is 17.6 Å². The van der Waals surface area contributed by atoms with E-state index in [0.29, 0.717) is 12.2 Å². The van der Waals surface area contributed by atoms with E-state index in [0.717, 1.165) is 37.3 Å². The molecular formula is C20H19F3N2O4. The van der Waals surface area contributed by atoms with E-state index in [1.165, 1.54) is 11.3 Å². The number of piperazine rings is 1. The monoisotopic (exact) mass is 408 g/mol. The lowest BCUT2D eigenvalue weighted by molar-refractivity contribution is -0.192. The first-order valence-electron chi connectivity index (χ1n) is 8.92. The van der Waals surface area contributed by atoms with Crippen molar-refractivity contribution in [2.75, 3.05) is 31.1 Å². The number of carbonyl (C=O) groups excluding carboxylic acids is 1. The maximum absolute atomic E-state index is 11.5. The molecule has 0 bridgehead atoms. The van der Waals surface area contributed by atoms with Gasteiger partial charge in [-0.15, -0.1) is 0 Å². The number of esters is 1. The van der Waals surface area contributed by atoms with E-state index in [9.17, 15) is 18.0 Å². The number of fused-ring (bicyclic) bond motifs is 1. The van der Waals surface area contributed by atoms with Gasteiger partial charge in [0.2, 0.25) is 0 Å². The van der Waals surface area contributed by atoms with E-state index in [1.54, 1.807) is 0 Å². The maximum atomic E-state index is 11.5. The van der Waals surface area contributed by atoms with Crippen molar-refractivity contribution in [2.45, 2.75) is 12.8 Å². The van der Waals surface area contributed by atoms with Crippen LogP contribution in [0, 0.1) is 0 Å². The minimum Gasteiger partial charge on any atom is -0.475 e. The van der Waals surface area contributed by atoms with Gasteiger partial charge in [0, 0.05) is 37.4 Å². The van der Waals surface area contributed by atoms with E-state index in [-0.39, 0.29) is 5.97 Å². The van der Waals surface area contributed by atoms with Crippen LogP contribution in [-0.4, -0.2) is 49.4 Å². The molecule has 9 heteroatoms. The Bertz CT molecular complexity index is 909. The summed E-state index contributed by atoms with van der Waals surface area (Å²) in [6, 6.07) is 14.5. The van der Waals surface area contributed by atoms with Crippen LogP contribution in [0.1, 0.15) is 15.9 Å². The van der Waals surface area contributed by atoms with Gasteiger partial charge in [0.25, 0.3) is 0 Å².